The largest absolute Gasteiger partial charge is 0.333 e. The van der Waals surface area contributed by atoms with Crippen LogP contribution in [0.25, 0.3) is 64.9 Å². The Morgan fingerprint density at radius 3 is 1.93 bits per heavy atom. The van der Waals surface area contributed by atoms with Gasteiger partial charge in [0, 0.05) is 45.1 Å². The molecular weight excluding hydrogens is 717 g/mol. The highest BCUT2D eigenvalue weighted by atomic mass is 15.2. The maximum atomic E-state index is 4.07. The van der Waals surface area contributed by atoms with Gasteiger partial charge in [-0.1, -0.05) is 182 Å². The van der Waals surface area contributed by atoms with E-state index in [0.717, 1.165) is 6.54 Å². The SMILES string of the molecule is C1=CC2c3c(c4ccccc4c4c3c3ccccc3c3c4c4ccccc4n3CNC(NCc3ccccc3)c3cccc4ccccc34)N(c3ccccc3)C2C=C1. The average Bonchev–Trinajstić information content (AvgIpc) is 3.83. The molecule has 3 atom stereocenters. The lowest BCUT2D eigenvalue weighted by Gasteiger charge is -2.29. The van der Waals surface area contributed by atoms with Crippen molar-refractivity contribution in [3.8, 4) is 0 Å². The number of anilines is 2. The van der Waals surface area contributed by atoms with E-state index < -0.39 is 0 Å². The smallest absolute Gasteiger partial charge is 0.0857 e. The fraction of sp³-hybridized carbons (Fsp3) is 0.0909. The summed E-state index contributed by atoms with van der Waals surface area (Å²) in [5.41, 5.74) is 8.94. The maximum Gasteiger partial charge on any atom is 0.0857 e. The third-order valence-electron chi connectivity index (χ3n) is 12.9. The van der Waals surface area contributed by atoms with Crippen LogP contribution in [0.5, 0.6) is 0 Å². The first-order valence-corrected chi connectivity index (χ1v) is 20.8. The third-order valence-corrected chi connectivity index (χ3v) is 12.9. The van der Waals surface area contributed by atoms with Crippen LogP contribution >= 0.6 is 0 Å². The van der Waals surface area contributed by atoms with Gasteiger partial charge in [-0.3, -0.25) is 10.6 Å². The second-order valence-electron chi connectivity index (χ2n) is 16.0. The molecule has 3 unspecified atom stereocenters. The molecule has 0 saturated heterocycles. The van der Waals surface area contributed by atoms with Crippen LogP contribution in [0.15, 0.2) is 200 Å². The van der Waals surface area contributed by atoms with E-state index in [9.17, 15) is 0 Å². The number of hydrogen-bond acceptors (Lipinski definition) is 3. The molecule has 4 nitrogen and oxygen atoms in total. The standard InChI is InChI=1S/C55H42N4/c1-3-18-36(19-4-1)34-56-55(44-31-17-21-37-20-7-8-24-39(37)44)57-35-58-47-32-15-13-29-45(47)51-49-41-26-10-12-28-43(41)54-52(50(49)40-25-9-11-27-42(40)53(51)58)46-30-14-16-33-48(46)59(54)38-22-5-2-6-23-38/h1-33,46,48,55-57H,34-35H2. The number of allylic oxidation sites excluding steroid dienone is 2. The summed E-state index contributed by atoms with van der Waals surface area (Å²) >= 11 is 0. The monoisotopic (exact) mass is 758 g/mol. The van der Waals surface area contributed by atoms with Gasteiger partial charge in [0.1, 0.15) is 0 Å². The molecule has 2 aliphatic rings. The van der Waals surface area contributed by atoms with Crippen LogP contribution in [-0.4, -0.2) is 10.6 Å². The minimum atomic E-state index is -0.111. The molecule has 0 amide bonds. The van der Waals surface area contributed by atoms with Gasteiger partial charge in [-0.2, -0.15) is 0 Å². The number of hydrogen-bond donors (Lipinski definition) is 2. The first-order valence-electron chi connectivity index (χ1n) is 20.8. The molecule has 59 heavy (non-hydrogen) atoms. The first kappa shape index (κ1) is 34.1. The number of nitrogens with zero attached hydrogens (tertiary/aromatic N) is 2. The van der Waals surface area contributed by atoms with Crippen LogP contribution in [0.4, 0.5) is 11.4 Å². The zero-order valence-electron chi connectivity index (χ0n) is 32.6. The van der Waals surface area contributed by atoms with Crippen molar-refractivity contribution in [3.05, 3.63) is 217 Å². The summed E-state index contributed by atoms with van der Waals surface area (Å²) < 4.78 is 2.54. The Hall–Kier alpha value is -6.98. The van der Waals surface area contributed by atoms with Gasteiger partial charge in [0.05, 0.1) is 35.6 Å². The molecule has 2 N–H and O–H groups in total. The van der Waals surface area contributed by atoms with E-state index in [2.05, 4.69) is 220 Å². The molecule has 1 aromatic heterocycles. The number of fused-ring (bicyclic) bond motifs is 16. The molecule has 0 saturated carbocycles. The van der Waals surface area contributed by atoms with Crippen LogP contribution < -0.4 is 15.5 Å². The highest BCUT2D eigenvalue weighted by Gasteiger charge is 2.41. The molecule has 1 aliphatic carbocycles. The van der Waals surface area contributed by atoms with E-state index in [-0.39, 0.29) is 18.1 Å². The third kappa shape index (κ3) is 5.31. The Morgan fingerprint density at radius 2 is 1.12 bits per heavy atom. The molecule has 9 aromatic carbocycles. The molecular formula is C55H42N4. The van der Waals surface area contributed by atoms with Gasteiger partial charge in [0.2, 0.25) is 0 Å². The Kier molecular flexibility index (Phi) is 8.00. The van der Waals surface area contributed by atoms with Crippen LogP contribution in [0.2, 0.25) is 0 Å². The molecule has 4 heteroatoms. The topological polar surface area (TPSA) is 32.2 Å². The van der Waals surface area contributed by atoms with Crippen LogP contribution in [0.1, 0.15) is 28.8 Å². The van der Waals surface area contributed by atoms with Gasteiger partial charge < -0.3 is 9.47 Å². The van der Waals surface area contributed by atoms with E-state index in [1.807, 2.05) is 0 Å². The molecule has 0 radical (unpaired) electrons. The van der Waals surface area contributed by atoms with Crippen molar-refractivity contribution in [2.75, 3.05) is 4.90 Å². The molecule has 0 bridgehead atoms. The fourth-order valence-electron chi connectivity index (χ4n) is 10.4. The Balaban J connectivity index is 1.12. The van der Waals surface area contributed by atoms with Crippen molar-refractivity contribution in [1.82, 2.24) is 15.2 Å². The Labute approximate surface area is 343 Å². The number of nitrogens with one attached hydrogen (secondary N) is 2. The quantitative estimate of drug-likeness (QED) is 0.120. The molecule has 10 aromatic rings. The number of benzene rings is 9. The number of para-hydroxylation sites is 2. The fourth-order valence-corrected chi connectivity index (χ4v) is 10.4. The maximum absolute atomic E-state index is 4.07. The predicted molar refractivity (Wildman–Crippen MR) is 248 cm³/mol. The normalized spacial score (nSPS) is 16.5. The van der Waals surface area contributed by atoms with Crippen molar-refractivity contribution in [1.29, 1.82) is 0 Å². The average molecular weight is 759 g/mol. The summed E-state index contributed by atoms with van der Waals surface area (Å²) in [5, 5.41) is 20.9. The van der Waals surface area contributed by atoms with Crippen LogP contribution in [0.3, 0.4) is 0 Å². The highest BCUT2D eigenvalue weighted by molar-refractivity contribution is 6.39. The zero-order chi connectivity index (χ0) is 38.9. The summed E-state index contributed by atoms with van der Waals surface area (Å²) in [6, 6.07) is 64.6. The number of rotatable bonds is 8. The Morgan fingerprint density at radius 1 is 0.492 bits per heavy atom. The van der Waals surface area contributed by atoms with Crippen LogP contribution in [0, 0.1) is 0 Å². The van der Waals surface area contributed by atoms with E-state index in [1.165, 1.54) is 93.0 Å². The highest BCUT2D eigenvalue weighted by Crippen LogP contribution is 2.57. The lowest BCUT2D eigenvalue weighted by atomic mass is 9.83. The van der Waals surface area contributed by atoms with E-state index in [0.29, 0.717) is 6.67 Å². The predicted octanol–water partition coefficient (Wildman–Crippen LogP) is 13.2. The van der Waals surface area contributed by atoms with Gasteiger partial charge in [-0.05, 0) is 61.8 Å². The van der Waals surface area contributed by atoms with Gasteiger partial charge in [-0.15, -0.1) is 0 Å². The van der Waals surface area contributed by atoms with Gasteiger partial charge in [0.25, 0.3) is 0 Å². The van der Waals surface area contributed by atoms with Crippen molar-refractivity contribution in [2.24, 2.45) is 0 Å². The van der Waals surface area contributed by atoms with E-state index in [4.69, 9.17) is 0 Å². The van der Waals surface area contributed by atoms with Crippen molar-refractivity contribution in [2.45, 2.75) is 31.3 Å². The lowest BCUT2D eigenvalue weighted by molar-refractivity contribution is 0.405. The van der Waals surface area contributed by atoms with Gasteiger partial charge in [-0.25, -0.2) is 0 Å². The summed E-state index contributed by atoms with van der Waals surface area (Å²) in [5.74, 6) is 0.204. The van der Waals surface area contributed by atoms with Crippen molar-refractivity contribution in [3.63, 3.8) is 0 Å². The second-order valence-corrected chi connectivity index (χ2v) is 16.0. The molecule has 12 rings (SSSR count). The number of aromatic nitrogens is 1. The van der Waals surface area contributed by atoms with Crippen molar-refractivity contribution < 1.29 is 0 Å². The minimum absolute atomic E-state index is 0.111. The zero-order valence-corrected chi connectivity index (χ0v) is 32.6. The molecule has 1 aliphatic heterocycles. The van der Waals surface area contributed by atoms with E-state index in [1.54, 1.807) is 0 Å². The van der Waals surface area contributed by atoms with Crippen molar-refractivity contribution >= 4 is 76.3 Å². The van der Waals surface area contributed by atoms with E-state index >= 15 is 0 Å². The summed E-state index contributed by atoms with van der Waals surface area (Å²) in [7, 11) is 0. The lowest BCUT2D eigenvalue weighted by Crippen LogP contribution is -2.35. The summed E-state index contributed by atoms with van der Waals surface area (Å²) in [4.78, 5) is 2.60. The van der Waals surface area contributed by atoms with Gasteiger partial charge >= 0.3 is 0 Å². The summed E-state index contributed by atoms with van der Waals surface area (Å²) in [6.07, 6.45) is 9.19. The van der Waals surface area contributed by atoms with Gasteiger partial charge in [0.15, 0.2) is 0 Å². The molecule has 282 valence electrons. The first-order chi connectivity index (χ1) is 29.3. The molecule has 2 heterocycles. The molecule has 0 fully saturated rings. The molecule has 0 spiro atoms. The summed E-state index contributed by atoms with van der Waals surface area (Å²) in [6.45, 7) is 1.35. The minimum Gasteiger partial charge on any atom is -0.333 e. The second kappa shape index (κ2) is 13.8. The Bertz CT molecular complexity index is 3300. The van der Waals surface area contributed by atoms with Crippen LogP contribution in [-0.2, 0) is 13.2 Å².